The summed E-state index contributed by atoms with van der Waals surface area (Å²) in [6.45, 7) is 0. The van der Waals surface area contributed by atoms with E-state index in [1.54, 1.807) is 17.4 Å². The summed E-state index contributed by atoms with van der Waals surface area (Å²) in [5, 5.41) is 0.539. The van der Waals surface area contributed by atoms with E-state index in [2.05, 4.69) is 31.9 Å². The van der Waals surface area contributed by atoms with Gasteiger partial charge in [-0.25, -0.2) is 4.39 Å². The van der Waals surface area contributed by atoms with Crippen molar-refractivity contribution in [1.29, 1.82) is 0 Å². The zero-order chi connectivity index (χ0) is 13.3. The van der Waals surface area contributed by atoms with Crippen molar-refractivity contribution < 1.29 is 4.39 Å². The van der Waals surface area contributed by atoms with Crippen LogP contribution in [0.2, 0.25) is 5.02 Å². The quantitative estimate of drug-likeness (QED) is 0.725. The van der Waals surface area contributed by atoms with Gasteiger partial charge >= 0.3 is 0 Å². The predicted octanol–water partition coefficient (Wildman–Crippen LogP) is 5.31. The van der Waals surface area contributed by atoms with E-state index in [1.165, 1.54) is 12.1 Å². The monoisotopic (exact) mass is 411 g/mol. The number of benzene rings is 1. The molecule has 0 aliphatic carbocycles. The zero-order valence-electron chi connectivity index (χ0n) is 9.09. The van der Waals surface area contributed by atoms with Crippen LogP contribution in [-0.2, 0) is 6.42 Å². The minimum atomic E-state index is -0.299. The van der Waals surface area contributed by atoms with Crippen LogP contribution >= 0.6 is 54.8 Å². The van der Waals surface area contributed by atoms with E-state index >= 15 is 0 Å². The molecule has 1 heterocycles. The highest BCUT2D eigenvalue weighted by atomic mass is 79.9. The van der Waals surface area contributed by atoms with E-state index in [1.807, 2.05) is 6.07 Å². The Morgan fingerprint density at radius 1 is 1.33 bits per heavy atom. The number of hydrogen-bond acceptors (Lipinski definition) is 2. The maximum Gasteiger partial charge on any atom is 0.123 e. The van der Waals surface area contributed by atoms with Gasteiger partial charge in [0.25, 0.3) is 0 Å². The van der Waals surface area contributed by atoms with Crippen LogP contribution in [0.25, 0.3) is 0 Å². The van der Waals surface area contributed by atoms with Gasteiger partial charge in [0, 0.05) is 11.1 Å². The molecule has 6 heteroatoms. The van der Waals surface area contributed by atoms with E-state index in [0.717, 1.165) is 18.7 Å². The van der Waals surface area contributed by atoms with Crippen LogP contribution in [0, 0.1) is 5.82 Å². The van der Waals surface area contributed by atoms with Crippen molar-refractivity contribution in [2.45, 2.75) is 12.5 Å². The van der Waals surface area contributed by atoms with Gasteiger partial charge in [-0.2, -0.15) is 0 Å². The Balaban J connectivity index is 2.23. The molecule has 0 fully saturated rings. The predicted molar refractivity (Wildman–Crippen MR) is 81.8 cm³/mol. The molecule has 2 N–H and O–H groups in total. The highest BCUT2D eigenvalue weighted by Crippen LogP contribution is 2.36. The first-order chi connectivity index (χ1) is 8.47. The minimum absolute atomic E-state index is 0.221. The molecular formula is C12H9Br2ClFNS. The summed E-state index contributed by atoms with van der Waals surface area (Å²) in [4.78, 5) is 0. The van der Waals surface area contributed by atoms with Gasteiger partial charge in [0.05, 0.1) is 7.57 Å². The average molecular weight is 414 g/mol. The fourth-order valence-electron chi connectivity index (χ4n) is 1.65. The van der Waals surface area contributed by atoms with Crippen molar-refractivity contribution in [1.82, 2.24) is 0 Å². The number of hydrogen-bond donors (Lipinski definition) is 1. The molecule has 2 aromatic rings. The second-order valence-electron chi connectivity index (χ2n) is 3.83. The summed E-state index contributed by atoms with van der Waals surface area (Å²) < 4.78 is 15.2. The third kappa shape index (κ3) is 3.33. The second kappa shape index (κ2) is 6.01. The van der Waals surface area contributed by atoms with Gasteiger partial charge in [-0.1, -0.05) is 11.6 Å². The molecule has 18 heavy (non-hydrogen) atoms. The largest absolute Gasteiger partial charge is 0.324 e. The van der Waals surface area contributed by atoms with Crippen LogP contribution in [-0.4, -0.2) is 0 Å². The smallest absolute Gasteiger partial charge is 0.123 e. The number of nitrogens with two attached hydrogens (primary N) is 1. The van der Waals surface area contributed by atoms with Crippen LogP contribution in [0.1, 0.15) is 17.2 Å². The maximum atomic E-state index is 13.2. The fraction of sp³-hybridized carbons (Fsp3) is 0.167. The standard InChI is InChI=1S/C12H9Br2ClFNS/c13-11-5-8(12(14)18-11)10(17)4-6-3-7(16)1-2-9(6)15/h1-3,5,10H,4,17H2. The van der Waals surface area contributed by atoms with Crippen LogP contribution in [0.5, 0.6) is 0 Å². The highest BCUT2D eigenvalue weighted by molar-refractivity contribution is 9.12. The Morgan fingerprint density at radius 3 is 2.67 bits per heavy atom. The molecule has 1 nitrogen and oxygen atoms in total. The van der Waals surface area contributed by atoms with Crippen LogP contribution in [0.4, 0.5) is 4.39 Å². The average Bonchev–Trinajstić information content (AvgIpc) is 2.63. The SMILES string of the molecule is NC(Cc1cc(F)ccc1Cl)c1cc(Br)sc1Br. The molecule has 0 aliphatic rings. The fourth-order valence-corrected chi connectivity index (χ4v) is 4.85. The van der Waals surface area contributed by atoms with Gasteiger partial charge in [0.1, 0.15) is 5.82 Å². The number of rotatable bonds is 3. The molecule has 1 aromatic carbocycles. The van der Waals surface area contributed by atoms with Gasteiger partial charge in [-0.05, 0) is 73.7 Å². The molecule has 96 valence electrons. The Kier molecular flexibility index (Phi) is 4.83. The number of halogens is 4. The van der Waals surface area contributed by atoms with Gasteiger partial charge in [-0.15, -0.1) is 11.3 Å². The summed E-state index contributed by atoms with van der Waals surface area (Å²) in [5.74, 6) is -0.299. The van der Waals surface area contributed by atoms with Crippen molar-refractivity contribution in [3.63, 3.8) is 0 Å². The molecule has 2 rings (SSSR count). The topological polar surface area (TPSA) is 26.0 Å². The first-order valence-corrected chi connectivity index (χ1v) is 7.89. The van der Waals surface area contributed by atoms with Gasteiger partial charge < -0.3 is 5.73 Å². The third-order valence-corrected chi connectivity index (χ3v) is 5.28. The molecular weight excluding hydrogens is 404 g/mol. The molecule has 0 bridgehead atoms. The van der Waals surface area contributed by atoms with Crippen molar-refractivity contribution in [3.8, 4) is 0 Å². The van der Waals surface area contributed by atoms with Gasteiger partial charge in [-0.3, -0.25) is 0 Å². The highest BCUT2D eigenvalue weighted by Gasteiger charge is 2.15. The van der Waals surface area contributed by atoms with Gasteiger partial charge in [0.15, 0.2) is 0 Å². The Labute approximate surface area is 130 Å². The van der Waals surface area contributed by atoms with Crippen molar-refractivity contribution in [2.75, 3.05) is 0 Å². The normalized spacial score (nSPS) is 12.7. The Morgan fingerprint density at radius 2 is 2.06 bits per heavy atom. The molecule has 0 spiro atoms. The van der Waals surface area contributed by atoms with E-state index in [-0.39, 0.29) is 11.9 Å². The Hall–Kier alpha value is 0.0600. The summed E-state index contributed by atoms with van der Waals surface area (Å²) in [6, 6.07) is 6.07. The molecule has 1 unspecified atom stereocenters. The minimum Gasteiger partial charge on any atom is -0.324 e. The van der Waals surface area contributed by atoms with E-state index in [9.17, 15) is 4.39 Å². The summed E-state index contributed by atoms with van der Waals surface area (Å²) in [6.07, 6.45) is 0.498. The van der Waals surface area contributed by atoms with Crippen LogP contribution in [0.3, 0.4) is 0 Å². The maximum absolute atomic E-state index is 13.2. The van der Waals surface area contributed by atoms with Crippen LogP contribution in [0.15, 0.2) is 31.8 Å². The first-order valence-electron chi connectivity index (χ1n) is 5.11. The molecule has 1 aromatic heterocycles. The van der Waals surface area contributed by atoms with Crippen molar-refractivity contribution in [2.24, 2.45) is 5.73 Å². The Bertz CT molecular complexity index is 573. The van der Waals surface area contributed by atoms with Crippen molar-refractivity contribution in [3.05, 3.63) is 53.8 Å². The summed E-state index contributed by atoms with van der Waals surface area (Å²) in [5.41, 5.74) is 7.85. The van der Waals surface area contributed by atoms with E-state index < -0.39 is 0 Å². The zero-order valence-corrected chi connectivity index (χ0v) is 13.8. The molecule has 0 aliphatic heterocycles. The van der Waals surface area contributed by atoms with Crippen LogP contribution < -0.4 is 5.73 Å². The summed E-state index contributed by atoms with van der Waals surface area (Å²) >= 11 is 14.5. The van der Waals surface area contributed by atoms with Gasteiger partial charge in [0.2, 0.25) is 0 Å². The molecule has 0 saturated heterocycles. The molecule has 0 amide bonds. The van der Waals surface area contributed by atoms with E-state index in [0.29, 0.717) is 11.4 Å². The number of thiophene rings is 1. The second-order valence-corrected chi connectivity index (χ2v) is 7.98. The lowest BCUT2D eigenvalue weighted by atomic mass is 10.0. The van der Waals surface area contributed by atoms with Crippen molar-refractivity contribution >= 4 is 54.8 Å². The molecule has 0 radical (unpaired) electrons. The molecule has 0 saturated carbocycles. The lowest BCUT2D eigenvalue weighted by Crippen LogP contribution is -2.13. The lowest BCUT2D eigenvalue weighted by molar-refractivity contribution is 0.622. The lowest BCUT2D eigenvalue weighted by Gasteiger charge is -2.12. The third-order valence-electron chi connectivity index (χ3n) is 2.53. The summed E-state index contributed by atoms with van der Waals surface area (Å²) in [7, 11) is 0. The molecule has 1 atom stereocenters. The van der Waals surface area contributed by atoms with E-state index in [4.69, 9.17) is 17.3 Å². The first kappa shape index (κ1) is 14.5.